The molecule has 1 atom stereocenters. The minimum Gasteiger partial charge on any atom is -0.352 e. The summed E-state index contributed by atoms with van der Waals surface area (Å²) in [6.45, 7) is 5.59. The molecule has 11 nitrogen and oxygen atoms in total. The van der Waals surface area contributed by atoms with Crippen LogP contribution in [-0.2, 0) is 11.3 Å². The standard InChI is InChI=1S/C41H50F2N8O3/c42-32-13-14-35(43)33(26-32)36-8-7-21-50(36)37-17-25-51-39(46-37)34(27-45-51)40(53)44-19-5-3-1-2-4-6-20-48-22-15-31(16-23-48)30-11-9-29(10-12-30)28-49-24-18-38(52)47-41(49)54/h9-14,17,25-27,31,36H,1-8,15-16,18-24,28H2,(H,44,53)(H,47,52,54)/t36-/m1/s1. The Morgan fingerprint density at radius 1 is 0.889 bits per heavy atom. The molecule has 0 bridgehead atoms. The molecule has 3 aliphatic rings. The van der Waals surface area contributed by atoms with Gasteiger partial charge in [0.15, 0.2) is 5.65 Å². The summed E-state index contributed by atoms with van der Waals surface area (Å²) in [4.78, 5) is 47.6. The first-order valence-corrected chi connectivity index (χ1v) is 19.6. The minimum atomic E-state index is -0.467. The highest BCUT2D eigenvalue weighted by Crippen LogP contribution is 2.37. The van der Waals surface area contributed by atoms with Crippen LogP contribution in [0, 0.1) is 11.6 Å². The zero-order valence-corrected chi connectivity index (χ0v) is 30.8. The van der Waals surface area contributed by atoms with Crippen LogP contribution in [0.25, 0.3) is 5.65 Å². The van der Waals surface area contributed by atoms with Crippen molar-refractivity contribution in [1.82, 2.24) is 35.0 Å². The Hall–Kier alpha value is -4.91. The normalized spacial score (nSPS) is 18.4. The number of piperidine rings is 1. The number of nitrogens with one attached hydrogen (secondary N) is 2. The first kappa shape index (κ1) is 37.4. The largest absolute Gasteiger partial charge is 0.352 e. The van der Waals surface area contributed by atoms with Crippen LogP contribution in [0.3, 0.4) is 0 Å². The second-order valence-corrected chi connectivity index (χ2v) is 14.9. The van der Waals surface area contributed by atoms with Gasteiger partial charge in [-0.25, -0.2) is 23.1 Å². The monoisotopic (exact) mass is 740 g/mol. The van der Waals surface area contributed by atoms with Crippen molar-refractivity contribution in [3.63, 3.8) is 0 Å². The van der Waals surface area contributed by atoms with E-state index in [9.17, 15) is 23.2 Å². The maximum Gasteiger partial charge on any atom is 0.324 e. The minimum absolute atomic E-state index is 0.205. The van der Waals surface area contributed by atoms with E-state index in [4.69, 9.17) is 4.98 Å². The number of imide groups is 1. The highest BCUT2D eigenvalue weighted by atomic mass is 19.1. The van der Waals surface area contributed by atoms with Gasteiger partial charge in [-0.1, -0.05) is 49.9 Å². The van der Waals surface area contributed by atoms with Crippen LogP contribution in [0.2, 0.25) is 0 Å². The van der Waals surface area contributed by atoms with Crippen molar-refractivity contribution in [2.24, 2.45) is 0 Å². The molecule has 5 heterocycles. The second-order valence-electron chi connectivity index (χ2n) is 14.9. The molecular formula is C41H50F2N8O3. The van der Waals surface area contributed by atoms with Gasteiger partial charge in [0.2, 0.25) is 5.91 Å². The van der Waals surface area contributed by atoms with E-state index in [0.717, 1.165) is 69.8 Å². The Morgan fingerprint density at radius 2 is 1.67 bits per heavy atom. The zero-order valence-electron chi connectivity index (χ0n) is 30.8. The number of fused-ring (bicyclic) bond motifs is 1. The number of carbonyl (C=O) groups is 3. The SMILES string of the molecule is O=C1CCN(Cc2ccc(C3CCN(CCCCCCCCNC(=O)c4cnn5ccc(N6CCC[C@@H]6c6cc(F)ccc6F)nc45)CC3)cc2)C(=O)N1. The number of aromatic nitrogens is 3. The van der Waals surface area contributed by atoms with E-state index in [-0.39, 0.29) is 23.9 Å². The lowest BCUT2D eigenvalue weighted by Crippen LogP contribution is -2.48. The number of nitrogens with zero attached hydrogens (tertiary/aromatic N) is 6. The van der Waals surface area contributed by atoms with Crippen LogP contribution in [0.15, 0.2) is 60.9 Å². The fourth-order valence-electron chi connectivity index (χ4n) is 8.13. The van der Waals surface area contributed by atoms with E-state index < -0.39 is 11.6 Å². The predicted octanol–water partition coefficient (Wildman–Crippen LogP) is 6.74. The maximum absolute atomic E-state index is 14.6. The zero-order chi connectivity index (χ0) is 37.4. The number of anilines is 1. The van der Waals surface area contributed by atoms with Gasteiger partial charge in [0.1, 0.15) is 23.0 Å². The van der Waals surface area contributed by atoms with E-state index in [1.165, 1.54) is 43.2 Å². The Kier molecular flexibility index (Phi) is 12.1. The van der Waals surface area contributed by atoms with Crippen molar-refractivity contribution >= 4 is 29.3 Å². The smallest absolute Gasteiger partial charge is 0.324 e. The Morgan fingerprint density at radius 3 is 2.46 bits per heavy atom. The van der Waals surface area contributed by atoms with Crippen molar-refractivity contribution < 1.29 is 23.2 Å². The fraction of sp³-hybridized carbons (Fsp3) is 0.488. The molecule has 0 aliphatic carbocycles. The van der Waals surface area contributed by atoms with Gasteiger partial charge in [-0.3, -0.25) is 14.9 Å². The Balaban J connectivity index is 0.768. The number of urea groups is 1. The van der Waals surface area contributed by atoms with Gasteiger partial charge in [-0.05, 0) is 99.5 Å². The molecule has 13 heteroatoms. The van der Waals surface area contributed by atoms with Gasteiger partial charge in [0, 0.05) is 44.4 Å². The van der Waals surface area contributed by atoms with E-state index >= 15 is 0 Å². The van der Waals surface area contributed by atoms with E-state index in [0.29, 0.717) is 67.5 Å². The molecule has 2 N–H and O–H groups in total. The summed E-state index contributed by atoms with van der Waals surface area (Å²) in [5.74, 6) is -0.145. The number of benzene rings is 2. The third-order valence-corrected chi connectivity index (χ3v) is 11.2. The van der Waals surface area contributed by atoms with E-state index in [1.54, 1.807) is 21.7 Å². The van der Waals surface area contributed by atoms with Crippen molar-refractivity contribution in [1.29, 1.82) is 0 Å². The molecule has 54 heavy (non-hydrogen) atoms. The van der Waals surface area contributed by atoms with Gasteiger partial charge in [0.25, 0.3) is 5.91 Å². The lowest BCUT2D eigenvalue weighted by Gasteiger charge is -2.32. The number of rotatable bonds is 15. The third-order valence-electron chi connectivity index (χ3n) is 11.2. The topological polar surface area (TPSA) is 115 Å². The second kappa shape index (κ2) is 17.5. The number of likely N-dealkylation sites (tertiary alicyclic amines) is 1. The van der Waals surface area contributed by atoms with Crippen LogP contribution in [0.1, 0.15) is 110 Å². The summed E-state index contributed by atoms with van der Waals surface area (Å²) in [6, 6.07) is 13.4. The Bertz CT molecular complexity index is 1930. The van der Waals surface area contributed by atoms with Crippen molar-refractivity contribution in [3.05, 3.63) is 94.8 Å². The molecule has 3 aliphatic heterocycles. The number of carbonyl (C=O) groups excluding carboxylic acids is 3. The number of amides is 4. The van der Waals surface area contributed by atoms with Crippen molar-refractivity contribution in [2.45, 2.75) is 89.1 Å². The summed E-state index contributed by atoms with van der Waals surface area (Å²) >= 11 is 0. The maximum atomic E-state index is 14.6. The highest BCUT2D eigenvalue weighted by molar-refractivity contribution is 5.99. The lowest BCUT2D eigenvalue weighted by atomic mass is 9.89. The average Bonchev–Trinajstić information content (AvgIpc) is 3.84. The van der Waals surface area contributed by atoms with E-state index in [1.807, 2.05) is 4.90 Å². The van der Waals surface area contributed by atoms with Gasteiger partial charge < -0.3 is 20.0 Å². The molecule has 3 saturated heterocycles. The Labute approximate surface area is 315 Å². The molecule has 0 unspecified atom stereocenters. The number of hydrogen-bond acceptors (Lipinski definition) is 7. The van der Waals surface area contributed by atoms with Gasteiger partial charge in [-0.15, -0.1) is 0 Å². The van der Waals surface area contributed by atoms with Crippen LogP contribution in [-0.4, -0.2) is 81.5 Å². The van der Waals surface area contributed by atoms with E-state index in [2.05, 4.69) is 44.9 Å². The molecule has 2 aromatic heterocycles. The molecular weight excluding hydrogens is 690 g/mol. The number of halogens is 2. The fourth-order valence-corrected chi connectivity index (χ4v) is 8.13. The summed E-state index contributed by atoms with van der Waals surface area (Å²) in [6.07, 6.45) is 14.2. The highest BCUT2D eigenvalue weighted by Gasteiger charge is 2.30. The summed E-state index contributed by atoms with van der Waals surface area (Å²) in [5, 5.41) is 9.73. The van der Waals surface area contributed by atoms with Crippen molar-refractivity contribution in [2.75, 3.05) is 44.2 Å². The molecule has 4 amide bonds. The van der Waals surface area contributed by atoms with Crippen LogP contribution in [0.5, 0.6) is 0 Å². The van der Waals surface area contributed by atoms with Gasteiger partial charge in [-0.2, -0.15) is 5.10 Å². The van der Waals surface area contributed by atoms with Crippen LogP contribution < -0.4 is 15.5 Å². The van der Waals surface area contributed by atoms with Gasteiger partial charge in [0.05, 0.1) is 12.2 Å². The summed E-state index contributed by atoms with van der Waals surface area (Å²) in [5.41, 5.74) is 3.60. The summed E-state index contributed by atoms with van der Waals surface area (Å²) in [7, 11) is 0. The molecule has 4 aromatic rings. The van der Waals surface area contributed by atoms with Crippen LogP contribution in [0.4, 0.5) is 19.4 Å². The third kappa shape index (κ3) is 9.06. The number of unbranched alkanes of at least 4 members (excludes halogenated alkanes) is 5. The quantitative estimate of drug-likeness (QED) is 0.130. The lowest BCUT2D eigenvalue weighted by molar-refractivity contribution is -0.121. The molecule has 2 aromatic carbocycles. The number of hydrogen-bond donors (Lipinski definition) is 2. The van der Waals surface area contributed by atoms with Crippen LogP contribution >= 0.6 is 0 Å². The molecule has 0 radical (unpaired) electrons. The molecule has 7 rings (SSSR count). The predicted molar refractivity (Wildman–Crippen MR) is 202 cm³/mol. The summed E-state index contributed by atoms with van der Waals surface area (Å²) < 4.78 is 30.2. The van der Waals surface area contributed by atoms with Gasteiger partial charge >= 0.3 is 6.03 Å². The first-order chi connectivity index (χ1) is 26.3. The molecule has 286 valence electrons. The molecule has 0 saturated carbocycles. The van der Waals surface area contributed by atoms with Crippen molar-refractivity contribution in [3.8, 4) is 0 Å². The molecule has 3 fully saturated rings. The average molecular weight is 741 g/mol. The first-order valence-electron chi connectivity index (χ1n) is 19.6. The molecule has 0 spiro atoms.